The van der Waals surface area contributed by atoms with E-state index in [-0.39, 0.29) is 18.8 Å². The molecular weight excluding hydrogens is 426 g/mol. The van der Waals surface area contributed by atoms with Crippen LogP contribution in [0.5, 0.6) is 0 Å². The van der Waals surface area contributed by atoms with Crippen molar-refractivity contribution in [3.63, 3.8) is 0 Å². The number of amides is 1. The van der Waals surface area contributed by atoms with E-state index in [4.69, 9.17) is 23.8 Å². The molecule has 33 heavy (non-hydrogen) atoms. The van der Waals surface area contributed by atoms with Crippen LogP contribution >= 0.6 is 0 Å². The maximum atomic E-state index is 13.9. The van der Waals surface area contributed by atoms with E-state index in [0.29, 0.717) is 43.6 Å². The molecule has 3 rings (SSSR count). The number of rotatable bonds is 9. The predicted molar refractivity (Wildman–Crippen MR) is 122 cm³/mol. The predicted octanol–water partition coefficient (Wildman–Crippen LogP) is 4.04. The van der Waals surface area contributed by atoms with Gasteiger partial charge in [-0.05, 0) is 70.1 Å². The molecule has 1 amide bonds. The van der Waals surface area contributed by atoms with Crippen LogP contribution in [-0.2, 0) is 33.4 Å². The van der Waals surface area contributed by atoms with Gasteiger partial charge in [0.05, 0.1) is 11.7 Å². The van der Waals surface area contributed by atoms with Gasteiger partial charge >= 0.3 is 5.97 Å². The highest BCUT2D eigenvalue weighted by Crippen LogP contribution is 2.50. The Bertz CT molecular complexity index is 882. The molecule has 1 aromatic rings. The lowest BCUT2D eigenvalue weighted by Gasteiger charge is -2.43. The number of methoxy groups -OCH3 is 1. The normalized spacial score (nSPS) is 24.0. The second-order valence-electron chi connectivity index (χ2n) is 8.58. The number of benzene rings is 1. The summed E-state index contributed by atoms with van der Waals surface area (Å²) in [5, 5.41) is 1.37. The fourth-order valence-corrected chi connectivity index (χ4v) is 4.67. The summed E-state index contributed by atoms with van der Waals surface area (Å²) in [6.07, 6.45) is 1.68. The van der Waals surface area contributed by atoms with Crippen LogP contribution < -0.4 is 0 Å². The number of aryl methyl sites for hydroxylation is 2. The highest BCUT2D eigenvalue weighted by Gasteiger charge is 2.57. The summed E-state index contributed by atoms with van der Waals surface area (Å²) in [5.41, 5.74) is 2.06. The van der Waals surface area contributed by atoms with Crippen LogP contribution in [0.15, 0.2) is 24.0 Å². The van der Waals surface area contributed by atoms with Crippen LogP contribution in [0.1, 0.15) is 63.1 Å². The third kappa shape index (κ3) is 5.14. The Morgan fingerprint density at radius 3 is 2.39 bits per heavy atom. The molecule has 1 fully saturated rings. The summed E-state index contributed by atoms with van der Waals surface area (Å²) in [4.78, 5) is 32.1. The third-order valence-electron chi connectivity index (χ3n) is 6.35. The molecule has 0 bridgehead atoms. The average Bonchev–Trinajstić information content (AvgIpc) is 2.97. The number of carbonyl (C=O) groups excluding carboxylic acids is 2. The quantitative estimate of drug-likeness (QED) is 0.312. The molecule has 1 spiro atoms. The van der Waals surface area contributed by atoms with Crippen molar-refractivity contribution in [2.24, 2.45) is 0 Å². The van der Waals surface area contributed by atoms with Crippen LogP contribution in [0.2, 0.25) is 0 Å². The first-order valence-corrected chi connectivity index (χ1v) is 11.5. The Kier molecular flexibility index (Phi) is 8.28. The van der Waals surface area contributed by atoms with E-state index in [2.05, 4.69) is 0 Å². The molecule has 0 radical (unpaired) electrons. The van der Waals surface area contributed by atoms with Gasteiger partial charge in [0.2, 0.25) is 0 Å². The molecule has 1 aliphatic carbocycles. The van der Waals surface area contributed by atoms with E-state index < -0.39 is 17.8 Å². The molecular formula is C25H35NO7. The summed E-state index contributed by atoms with van der Waals surface area (Å²) in [7, 11) is 1.52. The van der Waals surface area contributed by atoms with Crippen LogP contribution in [0.3, 0.4) is 0 Å². The minimum Gasteiger partial charge on any atom is -0.428 e. The zero-order valence-corrected chi connectivity index (χ0v) is 20.4. The summed E-state index contributed by atoms with van der Waals surface area (Å²) in [6, 6.07) is 5.83. The minimum absolute atomic E-state index is 0.0122. The lowest BCUT2D eigenvalue weighted by Crippen LogP contribution is -2.53. The van der Waals surface area contributed by atoms with E-state index in [0.717, 1.165) is 16.7 Å². The lowest BCUT2D eigenvalue weighted by atomic mass is 9.78. The standard InChI is InChI=1S/C25H35NO7/c1-7-30-15-31-20-11-13-25(14-12-20)23(32-18(4)27)22(21-16(2)9-8-10-17(21)3)24(28)26(25)33-19(5)29-6/h8-10,19-20H,7,11-15H2,1-6H3. The second-order valence-corrected chi connectivity index (χ2v) is 8.58. The fourth-order valence-electron chi connectivity index (χ4n) is 4.67. The molecule has 0 aromatic heterocycles. The maximum absolute atomic E-state index is 13.9. The van der Waals surface area contributed by atoms with Gasteiger partial charge in [-0.25, -0.2) is 9.90 Å². The molecule has 1 aliphatic heterocycles. The van der Waals surface area contributed by atoms with Crippen molar-refractivity contribution in [3.05, 3.63) is 40.6 Å². The molecule has 1 atom stereocenters. The van der Waals surface area contributed by atoms with Crippen LogP contribution in [0.25, 0.3) is 5.57 Å². The van der Waals surface area contributed by atoms with Crippen molar-refractivity contribution in [3.8, 4) is 0 Å². The van der Waals surface area contributed by atoms with Gasteiger partial charge in [-0.1, -0.05) is 18.2 Å². The van der Waals surface area contributed by atoms with Crippen molar-refractivity contribution < 1.29 is 33.4 Å². The van der Waals surface area contributed by atoms with Crippen LogP contribution in [0.4, 0.5) is 0 Å². The number of carbonyl (C=O) groups is 2. The lowest BCUT2D eigenvalue weighted by molar-refractivity contribution is -0.287. The van der Waals surface area contributed by atoms with Gasteiger partial charge in [-0.15, -0.1) is 0 Å². The summed E-state index contributed by atoms with van der Waals surface area (Å²) in [6.45, 7) is 9.70. The molecule has 2 aliphatic rings. The van der Waals surface area contributed by atoms with Crippen molar-refractivity contribution >= 4 is 17.4 Å². The highest BCUT2D eigenvalue weighted by molar-refractivity contribution is 6.23. The van der Waals surface area contributed by atoms with Crippen LogP contribution in [0, 0.1) is 13.8 Å². The van der Waals surface area contributed by atoms with Crippen molar-refractivity contribution in [1.29, 1.82) is 0 Å². The average molecular weight is 462 g/mol. The van der Waals surface area contributed by atoms with Gasteiger partial charge in [0.25, 0.3) is 5.91 Å². The molecule has 182 valence electrons. The first-order valence-electron chi connectivity index (χ1n) is 11.5. The van der Waals surface area contributed by atoms with Gasteiger partial charge in [0.1, 0.15) is 18.1 Å². The molecule has 8 heteroatoms. The third-order valence-corrected chi connectivity index (χ3v) is 6.35. The number of ether oxygens (including phenoxy) is 4. The highest BCUT2D eigenvalue weighted by atomic mass is 16.8. The first-order chi connectivity index (χ1) is 15.7. The zero-order chi connectivity index (χ0) is 24.2. The van der Waals surface area contributed by atoms with Gasteiger partial charge in [-0.2, -0.15) is 0 Å². The number of hydrogen-bond donors (Lipinski definition) is 0. The minimum atomic E-state index is -0.926. The van der Waals surface area contributed by atoms with Gasteiger partial charge in [0, 0.05) is 20.6 Å². The SMILES string of the molecule is CCOCOC1CCC2(CC1)C(OC(C)=O)=C(c1c(C)cccc1C)C(=O)N2OC(C)OC. The Morgan fingerprint density at radius 2 is 1.85 bits per heavy atom. The molecule has 8 nitrogen and oxygen atoms in total. The van der Waals surface area contributed by atoms with Crippen molar-refractivity contribution in [1.82, 2.24) is 5.06 Å². The van der Waals surface area contributed by atoms with Crippen molar-refractivity contribution in [2.45, 2.75) is 78.2 Å². The molecule has 0 N–H and O–H groups in total. The Morgan fingerprint density at radius 1 is 1.21 bits per heavy atom. The number of hydroxylamine groups is 2. The number of nitrogens with zero attached hydrogens (tertiary/aromatic N) is 1. The largest absolute Gasteiger partial charge is 0.428 e. The molecule has 1 aromatic carbocycles. The Hall–Kier alpha value is -2.26. The smallest absolute Gasteiger partial charge is 0.307 e. The molecule has 0 saturated heterocycles. The summed E-state index contributed by atoms with van der Waals surface area (Å²) < 4.78 is 22.3. The van der Waals surface area contributed by atoms with Gasteiger partial charge in [-0.3, -0.25) is 9.59 Å². The monoisotopic (exact) mass is 461 g/mol. The molecule has 1 unspecified atom stereocenters. The van der Waals surface area contributed by atoms with E-state index in [1.807, 2.05) is 39.0 Å². The molecule has 1 heterocycles. The van der Waals surface area contributed by atoms with Gasteiger partial charge in [0.15, 0.2) is 6.29 Å². The van der Waals surface area contributed by atoms with E-state index >= 15 is 0 Å². The first kappa shape index (κ1) is 25.4. The number of hydrogen-bond acceptors (Lipinski definition) is 7. The Labute approximate surface area is 195 Å². The fraction of sp³-hybridized carbons (Fsp3) is 0.600. The topological polar surface area (TPSA) is 83.5 Å². The number of esters is 1. The molecule has 1 saturated carbocycles. The zero-order valence-electron chi connectivity index (χ0n) is 20.4. The Balaban J connectivity index is 2.08. The van der Waals surface area contributed by atoms with Crippen molar-refractivity contribution in [2.75, 3.05) is 20.5 Å². The maximum Gasteiger partial charge on any atom is 0.307 e. The van der Waals surface area contributed by atoms with E-state index in [1.165, 1.54) is 19.1 Å². The van der Waals surface area contributed by atoms with Gasteiger partial charge < -0.3 is 18.9 Å². The summed E-state index contributed by atoms with van der Waals surface area (Å²) in [5.74, 6) is -0.456. The van der Waals surface area contributed by atoms with E-state index in [9.17, 15) is 9.59 Å². The summed E-state index contributed by atoms with van der Waals surface area (Å²) >= 11 is 0. The second kappa shape index (κ2) is 10.8. The van der Waals surface area contributed by atoms with E-state index in [1.54, 1.807) is 6.92 Å². The van der Waals surface area contributed by atoms with Crippen LogP contribution in [-0.4, -0.2) is 55.4 Å².